The van der Waals surface area contributed by atoms with Gasteiger partial charge in [0.1, 0.15) is 0 Å². The van der Waals surface area contributed by atoms with Gasteiger partial charge in [-0.1, -0.05) is 19.4 Å². The first-order chi connectivity index (χ1) is 8.93. The highest BCUT2D eigenvalue weighted by Crippen LogP contribution is 2.22. The monoisotopic (exact) mass is 266 g/mol. The summed E-state index contributed by atoms with van der Waals surface area (Å²) in [6.07, 6.45) is 0.838. The number of hydrogen-bond donors (Lipinski definition) is 2. The van der Waals surface area contributed by atoms with Gasteiger partial charge in [0.2, 0.25) is 0 Å². The van der Waals surface area contributed by atoms with Crippen LogP contribution in [0.3, 0.4) is 0 Å². The van der Waals surface area contributed by atoms with Crippen LogP contribution < -0.4 is 5.32 Å². The molecule has 104 valence electrons. The number of carboxylic acids is 1. The van der Waals surface area contributed by atoms with Gasteiger partial charge in [-0.25, -0.2) is 0 Å². The van der Waals surface area contributed by atoms with E-state index in [4.69, 9.17) is 5.11 Å². The van der Waals surface area contributed by atoms with Crippen LogP contribution in [0.15, 0.2) is 18.2 Å². The fourth-order valence-corrected chi connectivity index (χ4v) is 1.78. The molecule has 0 aliphatic carbocycles. The van der Waals surface area contributed by atoms with Gasteiger partial charge in [0, 0.05) is 30.8 Å². The Morgan fingerprint density at radius 1 is 1.53 bits per heavy atom. The number of nitrogens with one attached hydrogen (secondary N) is 1. The standard InChI is InChI=1S/C13H18N2O4/c1-3-10(6-13(16)17)8-14-12-7-11(15(18)19)5-4-9(12)2/h4-5,7,10,14H,3,6,8H2,1-2H3,(H,16,17). The molecule has 2 N–H and O–H groups in total. The molecule has 1 atom stereocenters. The third-order valence-corrected chi connectivity index (χ3v) is 3.05. The summed E-state index contributed by atoms with van der Waals surface area (Å²) < 4.78 is 0. The molecule has 0 amide bonds. The van der Waals surface area contributed by atoms with Crippen molar-refractivity contribution in [1.29, 1.82) is 0 Å². The fourth-order valence-electron chi connectivity index (χ4n) is 1.78. The number of rotatable bonds is 7. The SMILES string of the molecule is CCC(CNc1cc([N+](=O)[O-])ccc1C)CC(=O)O. The molecule has 0 aliphatic heterocycles. The van der Waals surface area contributed by atoms with Gasteiger partial charge in [-0.15, -0.1) is 0 Å². The molecule has 1 aromatic carbocycles. The van der Waals surface area contributed by atoms with Crippen LogP contribution in [0.2, 0.25) is 0 Å². The van der Waals surface area contributed by atoms with Crippen molar-refractivity contribution in [2.45, 2.75) is 26.7 Å². The minimum atomic E-state index is -0.829. The van der Waals surface area contributed by atoms with Gasteiger partial charge in [0.15, 0.2) is 0 Å². The number of nitro groups is 1. The van der Waals surface area contributed by atoms with Crippen LogP contribution in [0.1, 0.15) is 25.3 Å². The highest BCUT2D eigenvalue weighted by atomic mass is 16.6. The minimum Gasteiger partial charge on any atom is -0.481 e. The highest BCUT2D eigenvalue weighted by Gasteiger charge is 2.13. The first-order valence-electron chi connectivity index (χ1n) is 6.14. The second kappa shape index (κ2) is 6.72. The zero-order chi connectivity index (χ0) is 14.4. The van der Waals surface area contributed by atoms with Crippen molar-refractivity contribution in [3.8, 4) is 0 Å². The largest absolute Gasteiger partial charge is 0.481 e. The van der Waals surface area contributed by atoms with Crippen LogP contribution in [-0.2, 0) is 4.79 Å². The second-order valence-electron chi connectivity index (χ2n) is 4.51. The van der Waals surface area contributed by atoms with Crippen LogP contribution in [0, 0.1) is 23.0 Å². The van der Waals surface area contributed by atoms with E-state index in [9.17, 15) is 14.9 Å². The molecule has 0 aromatic heterocycles. The number of carbonyl (C=O) groups is 1. The number of carboxylic acid groups (broad SMARTS) is 1. The van der Waals surface area contributed by atoms with E-state index in [-0.39, 0.29) is 18.0 Å². The van der Waals surface area contributed by atoms with E-state index < -0.39 is 10.9 Å². The topological polar surface area (TPSA) is 92.5 Å². The predicted molar refractivity (Wildman–Crippen MR) is 72.4 cm³/mol. The van der Waals surface area contributed by atoms with Gasteiger partial charge < -0.3 is 10.4 Å². The lowest BCUT2D eigenvalue weighted by molar-refractivity contribution is -0.384. The molecule has 1 aromatic rings. The average molecular weight is 266 g/mol. The molecule has 0 saturated heterocycles. The van der Waals surface area contributed by atoms with E-state index in [1.165, 1.54) is 12.1 Å². The molecule has 0 bridgehead atoms. The summed E-state index contributed by atoms with van der Waals surface area (Å²) in [7, 11) is 0. The number of benzene rings is 1. The lowest BCUT2D eigenvalue weighted by Crippen LogP contribution is -2.17. The number of aliphatic carboxylic acids is 1. The van der Waals surface area contributed by atoms with E-state index in [1.807, 2.05) is 13.8 Å². The molecular weight excluding hydrogens is 248 g/mol. The number of hydrogen-bond acceptors (Lipinski definition) is 4. The van der Waals surface area contributed by atoms with Gasteiger partial charge in [-0.3, -0.25) is 14.9 Å². The predicted octanol–water partition coefficient (Wildman–Crippen LogP) is 2.82. The number of nitro benzene ring substituents is 1. The van der Waals surface area contributed by atoms with Crippen molar-refractivity contribution in [3.63, 3.8) is 0 Å². The first kappa shape index (κ1) is 14.9. The smallest absolute Gasteiger partial charge is 0.303 e. The summed E-state index contributed by atoms with van der Waals surface area (Å²) in [5.41, 5.74) is 1.60. The van der Waals surface area contributed by atoms with Crippen LogP contribution in [0.4, 0.5) is 11.4 Å². The van der Waals surface area contributed by atoms with Crippen molar-refractivity contribution in [1.82, 2.24) is 0 Å². The zero-order valence-electron chi connectivity index (χ0n) is 11.0. The van der Waals surface area contributed by atoms with Crippen LogP contribution in [0.5, 0.6) is 0 Å². The van der Waals surface area contributed by atoms with Crippen LogP contribution in [-0.4, -0.2) is 22.5 Å². The van der Waals surface area contributed by atoms with Gasteiger partial charge in [-0.2, -0.15) is 0 Å². The molecule has 0 radical (unpaired) electrons. The maximum absolute atomic E-state index is 10.7. The zero-order valence-corrected chi connectivity index (χ0v) is 11.0. The molecule has 0 heterocycles. The number of aryl methyl sites for hydroxylation is 1. The van der Waals surface area contributed by atoms with Crippen molar-refractivity contribution in [2.24, 2.45) is 5.92 Å². The lowest BCUT2D eigenvalue weighted by atomic mass is 10.0. The fraction of sp³-hybridized carbons (Fsp3) is 0.462. The van der Waals surface area contributed by atoms with E-state index >= 15 is 0 Å². The number of nitrogens with zero attached hydrogens (tertiary/aromatic N) is 1. The van der Waals surface area contributed by atoms with Gasteiger partial charge >= 0.3 is 5.97 Å². The number of non-ortho nitro benzene ring substituents is 1. The molecule has 1 unspecified atom stereocenters. The van der Waals surface area contributed by atoms with E-state index in [1.54, 1.807) is 6.07 Å². The normalized spacial score (nSPS) is 11.9. The van der Waals surface area contributed by atoms with Crippen molar-refractivity contribution < 1.29 is 14.8 Å². The Labute approximate surface area is 111 Å². The molecule has 19 heavy (non-hydrogen) atoms. The molecule has 6 nitrogen and oxygen atoms in total. The Morgan fingerprint density at radius 3 is 2.74 bits per heavy atom. The summed E-state index contributed by atoms with van der Waals surface area (Å²) in [5.74, 6) is -0.819. The molecule has 0 saturated carbocycles. The molecule has 0 spiro atoms. The number of anilines is 1. The quantitative estimate of drug-likeness (QED) is 0.584. The molecule has 0 fully saturated rings. The maximum Gasteiger partial charge on any atom is 0.303 e. The van der Waals surface area contributed by atoms with Crippen LogP contribution in [0.25, 0.3) is 0 Å². The second-order valence-corrected chi connectivity index (χ2v) is 4.51. The Balaban J connectivity index is 2.73. The van der Waals surface area contributed by atoms with E-state index in [0.29, 0.717) is 12.2 Å². The third kappa shape index (κ3) is 4.57. The van der Waals surface area contributed by atoms with Crippen molar-refractivity contribution >= 4 is 17.3 Å². The highest BCUT2D eigenvalue weighted by molar-refractivity contribution is 5.67. The lowest BCUT2D eigenvalue weighted by Gasteiger charge is -2.15. The van der Waals surface area contributed by atoms with Crippen LogP contribution >= 0.6 is 0 Å². The molecule has 1 rings (SSSR count). The molecule has 6 heteroatoms. The Bertz CT molecular complexity index is 474. The Hall–Kier alpha value is -2.11. The molecule has 0 aliphatic rings. The van der Waals surface area contributed by atoms with Gasteiger partial charge in [0.25, 0.3) is 5.69 Å². The third-order valence-electron chi connectivity index (χ3n) is 3.05. The Morgan fingerprint density at radius 2 is 2.21 bits per heavy atom. The van der Waals surface area contributed by atoms with Gasteiger partial charge in [0.05, 0.1) is 4.92 Å². The maximum atomic E-state index is 10.7. The summed E-state index contributed by atoms with van der Waals surface area (Å²) in [6.45, 7) is 4.27. The summed E-state index contributed by atoms with van der Waals surface area (Å²) in [5, 5.41) is 22.6. The van der Waals surface area contributed by atoms with E-state index in [2.05, 4.69) is 5.32 Å². The first-order valence-corrected chi connectivity index (χ1v) is 6.14. The summed E-state index contributed by atoms with van der Waals surface area (Å²) in [6, 6.07) is 4.61. The summed E-state index contributed by atoms with van der Waals surface area (Å²) in [4.78, 5) is 20.9. The van der Waals surface area contributed by atoms with E-state index in [0.717, 1.165) is 12.0 Å². The van der Waals surface area contributed by atoms with Crippen molar-refractivity contribution in [3.05, 3.63) is 33.9 Å². The summed E-state index contributed by atoms with van der Waals surface area (Å²) >= 11 is 0. The molecular formula is C13H18N2O4. The van der Waals surface area contributed by atoms with Gasteiger partial charge in [-0.05, 0) is 18.4 Å². The van der Waals surface area contributed by atoms with Crippen molar-refractivity contribution in [2.75, 3.05) is 11.9 Å². The minimum absolute atomic E-state index is 0.0103. The average Bonchev–Trinajstić information content (AvgIpc) is 2.35. The Kier molecular flexibility index (Phi) is 5.29.